The van der Waals surface area contributed by atoms with Crippen LogP contribution in [0.2, 0.25) is 0 Å². The number of primary amides is 1. The summed E-state index contributed by atoms with van der Waals surface area (Å²) in [5.41, 5.74) is 5.62. The van der Waals surface area contributed by atoms with E-state index in [0.717, 1.165) is 13.1 Å². The van der Waals surface area contributed by atoms with Crippen LogP contribution in [-0.4, -0.2) is 29.9 Å². The number of carbonyl (C=O) groups is 1. The first kappa shape index (κ1) is 12.2. The van der Waals surface area contributed by atoms with Crippen molar-refractivity contribution in [2.75, 3.05) is 13.1 Å². The second-order valence-electron chi connectivity index (χ2n) is 3.24. The van der Waals surface area contributed by atoms with Crippen LogP contribution in [-0.2, 0) is 4.79 Å². The first-order chi connectivity index (χ1) is 6.02. The Bertz CT molecular complexity index is 185. The van der Waals surface area contributed by atoms with Gasteiger partial charge in [-0.2, -0.15) is 0 Å². The largest absolute Gasteiger partial charge is 0.366 e. The molecular formula is C10H20N2O. The first-order valence-corrected chi connectivity index (χ1v) is 4.74. The minimum absolute atomic E-state index is 0.343. The quantitative estimate of drug-likeness (QED) is 0.629. The summed E-state index contributed by atoms with van der Waals surface area (Å²) in [6.07, 6.45) is 0.664. The molecule has 1 unspecified atom stereocenters. The van der Waals surface area contributed by atoms with Crippen LogP contribution in [0.25, 0.3) is 0 Å². The predicted octanol–water partition coefficient (Wildman–Crippen LogP) is 1.15. The van der Waals surface area contributed by atoms with Crippen molar-refractivity contribution in [2.24, 2.45) is 5.73 Å². The Kier molecular flexibility index (Phi) is 5.39. The zero-order chi connectivity index (χ0) is 10.4. The molecule has 0 aliphatic heterocycles. The van der Waals surface area contributed by atoms with Crippen molar-refractivity contribution in [3.8, 4) is 0 Å². The molecule has 1 amide bonds. The molecule has 0 saturated carbocycles. The molecule has 0 saturated heterocycles. The maximum Gasteiger partial charge on any atom is 0.244 e. The molecule has 0 rings (SSSR count). The van der Waals surface area contributed by atoms with Gasteiger partial charge in [0.1, 0.15) is 0 Å². The molecule has 3 nitrogen and oxygen atoms in total. The predicted molar refractivity (Wildman–Crippen MR) is 55.3 cm³/mol. The van der Waals surface area contributed by atoms with Gasteiger partial charge in [0.2, 0.25) is 5.91 Å². The number of nitrogens with two attached hydrogens (primary N) is 1. The Labute approximate surface area is 80.6 Å². The Balaban J connectivity index is 4.04. The minimum atomic E-state index is -0.390. The molecule has 0 fully saturated rings. The number of hydrogen-bond acceptors (Lipinski definition) is 2. The maximum atomic E-state index is 10.7. The zero-order valence-electron chi connectivity index (χ0n) is 8.84. The Morgan fingerprint density at radius 1 is 1.46 bits per heavy atom. The summed E-state index contributed by atoms with van der Waals surface area (Å²) in [4.78, 5) is 13.0. The Morgan fingerprint density at radius 3 is 2.23 bits per heavy atom. The second kappa shape index (κ2) is 5.75. The molecule has 1 atom stereocenters. The van der Waals surface area contributed by atoms with Gasteiger partial charge in [-0.15, -0.1) is 0 Å². The SMILES string of the molecule is C=C(CC(C)N(CC)CC)C(N)=O. The normalized spacial score (nSPS) is 12.9. The van der Waals surface area contributed by atoms with Crippen LogP contribution in [0.4, 0.5) is 0 Å². The van der Waals surface area contributed by atoms with E-state index in [2.05, 4.69) is 32.3 Å². The monoisotopic (exact) mass is 184 g/mol. The standard InChI is InChI=1S/C10H20N2O/c1-5-12(6-2)9(4)7-8(3)10(11)13/h9H,3,5-7H2,1-2,4H3,(H2,11,13). The molecule has 0 spiro atoms. The Hall–Kier alpha value is -0.830. The van der Waals surface area contributed by atoms with Crippen LogP contribution in [0.1, 0.15) is 27.2 Å². The van der Waals surface area contributed by atoms with Crippen LogP contribution in [0.3, 0.4) is 0 Å². The molecule has 0 aromatic rings. The lowest BCUT2D eigenvalue weighted by Gasteiger charge is -2.26. The van der Waals surface area contributed by atoms with Crippen LogP contribution >= 0.6 is 0 Å². The van der Waals surface area contributed by atoms with Crippen molar-refractivity contribution in [3.63, 3.8) is 0 Å². The lowest BCUT2D eigenvalue weighted by molar-refractivity contribution is -0.114. The molecule has 0 aromatic heterocycles. The van der Waals surface area contributed by atoms with Crippen LogP contribution in [0.15, 0.2) is 12.2 Å². The van der Waals surface area contributed by atoms with Crippen molar-refractivity contribution >= 4 is 5.91 Å². The van der Waals surface area contributed by atoms with Gasteiger partial charge in [0.15, 0.2) is 0 Å². The van der Waals surface area contributed by atoms with Gasteiger partial charge in [0.25, 0.3) is 0 Å². The summed E-state index contributed by atoms with van der Waals surface area (Å²) >= 11 is 0. The van der Waals surface area contributed by atoms with Gasteiger partial charge in [-0.3, -0.25) is 4.79 Å². The highest BCUT2D eigenvalue weighted by Gasteiger charge is 2.13. The average Bonchev–Trinajstić information content (AvgIpc) is 2.06. The molecule has 0 aliphatic rings. The minimum Gasteiger partial charge on any atom is -0.366 e. The van der Waals surface area contributed by atoms with Crippen molar-refractivity contribution in [1.82, 2.24) is 4.90 Å². The number of hydrogen-bond donors (Lipinski definition) is 1. The van der Waals surface area contributed by atoms with Gasteiger partial charge in [0.05, 0.1) is 0 Å². The summed E-state index contributed by atoms with van der Waals surface area (Å²) < 4.78 is 0. The number of rotatable bonds is 6. The van der Waals surface area contributed by atoms with E-state index < -0.39 is 0 Å². The van der Waals surface area contributed by atoms with E-state index in [1.54, 1.807) is 0 Å². The van der Waals surface area contributed by atoms with Crippen molar-refractivity contribution in [3.05, 3.63) is 12.2 Å². The number of nitrogens with zero attached hydrogens (tertiary/aromatic N) is 1. The van der Waals surface area contributed by atoms with E-state index in [-0.39, 0.29) is 5.91 Å². The second-order valence-corrected chi connectivity index (χ2v) is 3.24. The van der Waals surface area contributed by atoms with E-state index in [1.807, 2.05) is 0 Å². The van der Waals surface area contributed by atoms with Crippen molar-refractivity contribution in [2.45, 2.75) is 33.2 Å². The summed E-state index contributed by atoms with van der Waals surface area (Å²) in [5, 5.41) is 0. The van der Waals surface area contributed by atoms with E-state index >= 15 is 0 Å². The van der Waals surface area contributed by atoms with E-state index in [9.17, 15) is 4.79 Å². The highest BCUT2D eigenvalue weighted by Crippen LogP contribution is 2.08. The smallest absolute Gasteiger partial charge is 0.244 e. The highest BCUT2D eigenvalue weighted by molar-refractivity contribution is 5.91. The molecule has 0 heterocycles. The van der Waals surface area contributed by atoms with Gasteiger partial charge in [-0.05, 0) is 26.4 Å². The topological polar surface area (TPSA) is 46.3 Å². The highest BCUT2D eigenvalue weighted by atomic mass is 16.1. The molecule has 2 N–H and O–H groups in total. The van der Waals surface area contributed by atoms with Gasteiger partial charge >= 0.3 is 0 Å². The average molecular weight is 184 g/mol. The first-order valence-electron chi connectivity index (χ1n) is 4.74. The number of amides is 1. The van der Waals surface area contributed by atoms with Gasteiger partial charge in [-0.25, -0.2) is 0 Å². The van der Waals surface area contributed by atoms with Crippen molar-refractivity contribution in [1.29, 1.82) is 0 Å². The van der Waals surface area contributed by atoms with Gasteiger partial charge in [0, 0.05) is 11.6 Å². The molecule has 0 aliphatic carbocycles. The summed E-state index contributed by atoms with van der Waals surface area (Å²) in [6.45, 7) is 11.9. The fourth-order valence-electron chi connectivity index (χ4n) is 1.43. The molecule has 76 valence electrons. The summed E-state index contributed by atoms with van der Waals surface area (Å²) in [6, 6.07) is 0.343. The lowest BCUT2D eigenvalue weighted by Crippen LogP contribution is -2.34. The van der Waals surface area contributed by atoms with Crippen molar-refractivity contribution < 1.29 is 4.79 Å². The molecule has 13 heavy (non-hydrogen) atoms. The van der Waals surface area contributed by atoms with Gasteiger partial charge < -0.3 is 10.6 Å². The van der Waals surface area contributed by atoms with E-state index in [0.29, 0.717) is 18.0 Å². The van der Waals surface area contributed by atoms with Crippen LogP contribution in [0, 0.1) is 0 Å². The van der Waals surface area contributed by atoms with Crippen LogP contribution < -0.4 is 5.73 Å². The maximum absolute atomic E-state index is 10.7. The zero-order valence-corrected chi connectivity index (χ0v) is 8.84. The fraction of sp³-hybridized carbons (Fsp3) is 0.700. The summed E-state index contributed by atoms with van der Waals surface area (Å²) in [5.74, 6) is -0.390. The molecule has 0 bridgehead atoms. The third-order valence-electron chi connectivity index (χ3n) is 2.33. The Morgan fingerprint density at radius 2 is 1.92 bits per heavy atom. The third-order valence-corrected chi connectivity index (χ3v) is 2.33. The molecule has 0 aromatic carbocycles. The lowest BCUT2D eigenvalue weighted by atomic mass is 10.1. The van der Waals surface area contributed by atoms with E-state index in [1.165, 1.54) is 0 Å². The fourth-order valence-corrected chi connectivity index (χ4v) is 1.43. The third kappa shape index (κ3) is 4.08. The summed E-state index contributed by atoms with van der Waals surface area (Å²) in [7, 11) is 0. The number of carbonyl (C=O) groups excluding carboxylic acids is 1. The molecule has 3 heteroatoms. The molecule has 0 radical (unpaired) electrons. The van der Waals surface area contributed by atoms with Gasteiger partial charge in [-0.1, -0.05) is 20.4 Å². The van der Waals surface area contributed by atoms with Crippen LogP contribution in [0.5, 0.6) is 0 Å². The van der Waals surface area contributed by atoms with E-state index in [4.69, 9.17) is 5.73 Å². The molecular weight excluding hydrogens is 164 g/mol.